The molecule has 1 aliphatic rings. The Bertz CT molecular complexity index is 1160. The van der Waals surface area contributed by atoms with Crippen LogP contribution in [0.3, 0.4) is 0 Å². The monoisotopic (exact) mass is 436 g/mol. The predicted octanol–water partition coefficient (Wildman–Crippen LogP) is 5.25. The van der Waals surface area contributed by atoms with Gasteiger partial charge in [-0.1, -0.05) is 43.5 Å². The molecule has 1 heterocycles. The smallest absolute Gasteiger partial charge is 0.340 e. The van der Waals surface area contributed by atoms with Crippen LogP contribution in [0.25, 0.3) is 21.7 Å². The molecule has 6 nitrogen and oxygen atoms in total. The summed E-state index contributed by atoms with van der Waals surface area (Å²) < 4.78 is 13.8. The van der Waals surface area contributed by atoms with Gasteiger partial charge in [-0.25, -0.2) is 4.79 Å². The Morgan fingerprint density at radius 3 is 2.41 bits per heavy atom. The minimum absolute atomic E-state index is 0.0560. The van der Waals surface area contributed by atoms with E-state index in [-0.39, 0.29) is 18.5 Å². The Hall–Kier alpha value is -3.02. The van der Waals surface area contributed by atoms with Crippen LogP contribution in [0.4, 0.5) is 0 Å². The maximum atomic E-state index is 13.0. The molecule has 0 atom stereocenters. The van der Waals surface area contributed by atoms with Crippen molar-refractivity contribution in [1.82, 2.24) is 9.47 Å². The Morgan fingerprint density at radius 1 is 1.06 bits per heavy atom. The van der Waals surface area contributed by atoms with E-state index >= 15 is 0 Å². The Balaban J connectivity index is 1.97. The van der Waals surface area contributed by atoms with Gasteiger partial charge in [-0.2, -0.15) is 0 Å². The molecule has 0 bridgehead atoms. The number of likely N-dealkylation sites (N-methyl/N-ethyl adjacent to an activating group) is 1. The van der Waals surface area contributed by atoms with Crippen molar-refractivity contribution >= 4 is 33.6 Å². The summed E-state index contributed by atoms with van der Waals surface area (Å²) in [5, 5.41) is 2.80. The molecule has 4 rings (SSSR count). The standard InChI is InChI=1S/C26H32N2O4/c1-5-31-26(30)24-17(2)28(18-11-7-6-8-12-18)25-20-14-10-9-13-19(20)22(15-21(24)25)32-16-23(29)27(3)4/h9-10,13-15,18H,5-8,11-12,16H2,1-4H3. The van der Waals surface area contributed by atoms with Crippen LogP contribution in [0.15, 0.2) is 30.3 Å². The first-order chi connectivity index (χ1) is 15.4. The van der Waals surface area contributed by atoms with E-state index in [9.17, 15) is 9.59 Å². The molecule has 32 heavy (non-hydrogen) atoms. The fourth-order valence-electron chi connectivity index (χ4n) is 4.90. The molecule has 2 aromatic carbocycles. The van der Waals surface area contributed by atoms with Crippen LogP contribution in [0.2, 0.25) is 0 Å². The Kier molecular flexibility index (Phi) is 6.40. The number of benzene rings is 2. The summed E-state index contributed by atoms with van der Waals surface area (Å²) in [6.07, 6.45) is 5.88. The summed E-state index contributed by atoms with van der Waals surface area (Å²) in [4.78, 5) is 26.7. The van der Waals surface area contributed by atoms with Gasteiger partial charge in [0.1, 0.15) is 5.75 Å². The van der Waals surface area contributed by atoms with Gasteiger partial charge in [-0.15, -0.1) is 0 Å². The van der Waals surface area contributed by atoms with Gasteiger partial charge in [0, 0.05) is 42.0 Å². The van der Waals surface area contributed by atoms with E-state index in [4.69, 9.17) is 9.47 Å². The van der Waals surface area contributed by atoms with E-state index in [2.05, 4.69) is 10.6 Å². The lowest BCUT2D eigenvalue weighted by molar-refractivity contribution is -0.130. The molecule has 170 valence electrons. The van der Waals surface area contributed by atoms with Gasteiger partial charge < -0.3 is 18.9 Å². The molecule has 1 fully saturated rings. The molecule has 3 aromatic rings. The molecule has 1 aliphatic carbocycles. The van der Waals surface area contributed by atoms with Crippen molar-refractivity contribution in [2.45, 2.75) is 52.0 Å². The van der Waals surface area contributed by atoms with Gasteiger partial charge in [-0.05, 0) is 32.8 Å². The van der Waals surface area contributed by atoms with Crippen molar-refractivity contribution in [3.8, 4) is 5.75 Å². The molecule has 0 saturated heterocycles. The highest BCUT2D eigenvalue weighted by molar-refractivity contribution is 6.16. The third-order valence-electron chi connectivity index (χ3n) is 6.48. The van der Waals surface area contributed by atoms with E-state index in [0.29, 0.717) is 24.0 Å². The molecule has 1 amide bonds. The zero-order valence-electron chi connectivity index (χ0n) is 19.4. The lowest BCUT2D eigenvalue weighted by atomic mass is 9.94. The topological polar surface area (TPSA) is 60.8 Å². The number of esters is 1. The summed E-state index contributed by atoms with van der Waals surface area (Å²) in [6, 6.07) is 10.4. The first-order valence-corrected chi connectivity index (χ1v) is 11.5. The third-order valence-corrected chi connectivity index (χ3v) is 6.48. The van der Waals surface area contributed by atoms with Gasteiger partial charge in [0.2, 0.25) is 0 Å². The van der Waals surface area contributed by atoms with Crippen LogP contribution in [-0.4, -0.2) is 48.7 Å². The van der Waals surface area contributed by atoms with Crippen LogP contribution in [0.5, 0.6) is 5.75 Å². The van der Waals surface area contributed by atoms with Crippen molar-refractivity contribution in [2.75, 3.05) is 27.3 Å². The van der Waals surface area contributed by atoms with Crippen molar-refractivity contribution in [3.63, 3.8) is 0 Å². The average Bonchev–Trinajstić information content (AvgIpc) is 3.09. The second kappa shape index (κ2) is 9.23. The van der Waals surface area contributed by atoms with Crippen LogP contribution < -0.4 is 4.74 Å². The molecule has 1 aromatic heterocycles. The van der Waals surface area contributed by atoms with Crippen LogP contribution in [-0.2, 0) is 9.53 Å². The van der Waals surface area contributed by atoms with E-state index in [1.807, 2.05) is 38.1 Å². The van der Waals surface area contributed by atoms with Crippen LogP contribution in [0.1, 0.15) is 61.1 Å². The zero-order valence-corrected chi connectivity index (χ0v) is 19.4. The normalized spacial score (nSPS) is 14.6. The van der Waals surface area contributed by atoms with Gasteiger partial charge in [0.05, 0.1) is 17.7 Å². The molecule has 0 N–H and O–H groups in total. The molecule has 6 heteroatoms. The number of carbonyl (C=O) groups excluding carboxylic acids is 2. The number of ether oxygens (including phenoxy) is 2. The summed E-state index contributed by atoms with van der Waals surface area (Å²) in [6.45, 7) is 4.11. The van der Waals surface area contributed by atoms with Gasteiger partial charge in [0.25, 0.3) is 5.91 Å². The summed E-state index contributed by atoms with van der Waals surface area (Å²) in [7, 11) is 3.42. The second-order valence-corrected chi connectivity index (χ2v) is 8.74. The fraction of sp³-hybridized carbons (Fsp3) is 0.462. The number of amides is 1. The largest absolute Gasteiger partial charge is 0.483 e. The number of carbonyl (C=O) groups is 2. The number of hydrogen-bond acceptors (Lipinski definition) is 4. The quantitative estimate of drug-likeness (QED) is 0.495. The first kappa shape index (κ1) is 22.2. The first-order valence-electron chi connectivity index (χ1n) is 11.5. The predicted molar refractivity (Wildman–Crippen MR) is 126 cm³/mol. The highest BCUT2D eigenvalue weighted by Gasteiger charge is 2.28. The van der Waals surface area contributed by atoms with E-state index in [0.717, 1.165) is 40.2 Å². The highest BCUT2D eigenvalue weighted by atomic mass is 16.5. The minimum Gasteiger partial charge on any atom is -0.483 e. The molecular weight excluding hydrogens is 404 g/mol. The lowest BCUT2D eigenvalue weighted by Crippen LogP contribution is -2.27. The lowest BCUT2D eigenvalue weighted by Gasteiger charge is -2.26. The summed E-state index contributed by atoms with van der Waals surface area (Å²) in [5.74, 6) is 0.181. The number of aromatic nitrogens is 1. The molecular formula is C26H32N2O4. The Morgan fingerprint density at radius 2 is 1.75 bits per heavy atom. The van der Waals surface area contributed by atoms with Crippen LogP contribution in [0, 0.1) is 6.92 Å². The molecule has 0 unspecified atom stereocenters. The van der Waals surface area contributed by atoms with E-state index in [1.54, 1.807) is 14.1 Å². The van der Waals surface area contributed by atoms with Gasteiger partial charge in [-0.3, -0.25) is 4.79 Å². The number of rotatable bonds is 6. The SMILES string of the molecule is CCOC(=O)c1c(C)n(C2CCCCC2)c2c1cc(OCC(=O)N(C)C)c1ccccc12. The molecule has 0 radical (unpaired) electrons. The van der Waals surface area contributed by atoms with Crippen molar-refractivity contribution < 1.29 is 19.1 Å². The highest BCUT2D eigenvalue weighted by Crippen LogP contribution is 2.42. The molecule has 0 spiro atoms. The fourth-order valence-corrected chi connectivity index (χ4v) is 4.90. The molecule has 1 saturated carbocycles. The summed E-state index contributed by atoms with van der Waals surface area (Å²) in [5.41, 5.74) is 2.60. The van der Waals surface area contributed by atoms with E-state index in [1.165, 1.54) is 24.2 Å². The number of nitrogens with zero attached hydrogens (tertiary/aromatic N) is 2. The van der Waals surface area contributed by atoms with Gasteiger partial charge >= 0.3 is 5.97 Å². The van der Waals surface area contributed by atoms with E-state index < -0.39 is 0 Å². The maximum absolute atomic E-state index is 13.0. The minimum atomic E-state index is -0.310. The number of hydrogen-bond donors (Lipinski definition) is 0. The second-order valence-electron chi connectivity index (χ2n) is 8.74. The van der Waals surface area contributed by atoms with Crippen molar-refractivity contribution in [2.24, 2.45) is 0 Å². The zero-order chi connectivity index (χ0) is 22.8. The summed E-state index contributed by atoms with van der Waals surface area (Å²) >= 11 is 0. The van der Waals surface area contributed by atoms with Gasteiger partial charge in [0.15, 0.2) is 6.61 Å². The molecule has 0 aliphatic heterocycles. The van der Waals surface area contributed by atoms with Crippen LogP contribution >= 0.6 is 0 Å². The average molecular weight is 437 g/mol. The van der Waals surface area contributed by atoms with Crippen molar-refractivity contribution in [3.05, 3.63) is 41.6 Å². The third kappa shape index (κ3) is 3.94. The maximum Gasteiger partial charge on any atom is 0.340 e. The number of fused-ring (bicyclic) bond motifs is 3. The Labute approximate surface area is 189 Å². The van der Waals surface area contributed by atoms with Crippen molar-refractivity contribution in [1.29, 1.82) is 0 Å².